The molecule has 5 aromatic carbocycles. The average Bonchev–Trinajstić information content (AvgIpc) is 0.769. The average molecular weight is 1470 g/mol. The van der Waals surface area contributed by atoms with E-state index < -0.39 is 237 Å². The van der Waals surface area contributed by atoms with Gasteiger partial charge in [-0.05, 0) is 103 Å². The van der Waals surface area contributed by atoms with Crippen molar-refractivity contribution in [1.29, 1.82) is 0 Å². The van der Waals surface area contributed by atoms with Gasteiger partial charge in [0.05, 0.1) is 41.3 Å². The number of benzene rings is 5. The minimum absolute atomic E-state index is 0. The van der Waals surface area contributed by atoms with E-state index >= 15 is 14.4 Å². The van der Waals surface area contributed by atoms with E-state index in [1.807, 2.05) is 0 Å². The fourth-order valence-electron chi connectivity index (χ4n) is 12.3. The number of carboxylic acids is 1. The number of aliphatic carboxylic acids is 1. The van der Waals surface area contributed by atoms with E-state index in [2.05, 4.69) is 31.9 Å². The first-order valence-electron chi connectivity index (χ1n) is 31.2. The highest BCUT2D eigenvalue weighted by atomic mass is 35.5. The van der Waals surface area contributed by atoms with Crippen LogP contribution >= 0.6 is 35.6 Å². The van der Waals surface area contributed by atoms with E-state index in [-0.39, 0.29) is 58.6 Å². The number of carbonyl (C=O) groups excluding carboxylic acids is 7. The van der Waals surface area contributed by atoms with Gasteiger partial charge in [0.2, 0.25) is 53.4 Å². The van der Waals surface area contributed by atoms with Crippen LogP contribution in [0.1, 0.15) is 105 Å². The summed E-state index contributed by atoms with van der Waals surface area (Å²) < 4.78 is 38.2. The van der Waals surface area contributed by atoms with Crippen LogP contribution in [0.3, 0.4) is 0 Å². The molecule has 2 saturated heterocycles. The Hall–Kier alpha value is -8.91. The third kappa shape index (κ3) is 16.2. The van der Waals surface area contributed by atoms with Gasteiger partial charge >= 0.3 is 5.97 Å². The van der Waals surface area contributed by atoms with Crippen LogP contribution < -0.4 is 63.3 Å². The van der Waals surface area contributed by atoms with Crippen molar-refractivity contribution in [1.82, 2.24) is 31.9 Å². The molecular weight excluding hydrogens is 1400 g/mol. The molecule has 12 rings (SSSR count). The molecule has 36 heteroatoms. The van der Waals surface area contributed by atoms with Gasteiger partial charge in [-0.2, -0.15) is 0 Å². The van der Waals surface area contributed by atoms with Crippen molar-refractivity contribution in [3.63, 3.8) is 0 Å². The molecule has 7 amide bonds. The molecule has 101 heavy (non-hydrogen) atoms. The Kier molecular flexibility index (Phi) is 23.2. The van der Waals surface area contributed by atoms with Crippen LogP contribution in [0.2, 0.25) is 10.0 Å². The Balaban J connectivity index is 0.0000119. The quantitative estimate of drug-likeness (QED) is 0.0797. The number of carboxylic acid groups (broad SMARTS) is 1. The minimum Gasteiger partial charge on any atom is -0.508 e. The maximum absolute atomic E-state index is 16.0. The van der Waals surface area contributed by atoms with E-state index in [9.17, 15) is 75.0 Å². The molecule has 7 heterocycles. The number of hydrogen-bond acceptors (Lipinski definition) is 25. The number of nitrogens with two attached hydrogens (primary N) is 3. The standard InChI is InChI=1S/C65H73Cl2N9O24.ClH/c1-22(2)11-33(68)57(87)75-48-50(82)25-6-9-37(31(66)13-25)96-39-15-27-16-40(54(39)100-64-55(53(85)52(84)41(21-77)98-64)99-43-20-65(4,70)56(86)23(3)95-43)97-38-10-7-26(14-32(38)67)51(83)49-62(92)74-47(63(93)94)30-17-28(78)18-36(80)44(30)29-12-24(5-8-35(29)79)45(59(89)76-49)73-60(90)46(27)72-58(88)34(19-42(69)81)71-61(48)91;/h5-10,12-18,22-23,33-34,41,43,45-53,55-56,64,77-80,82-86H,11,19-21,68,70H2,1-4H3,(H2,69,81)(H,71,91)(H,72,88)(H,73,90)(H,74,92)(H,75,87)(H,76,89)(H,93,94);1H/t23-,33+,34-,41+,43-,45+,46+,47+,48+,49-,50+,51+,52+,53-,55+,56+,64-,65-;/m0./s1. The number of ether oxygens (including phenoxy) is 6. The fourth-order valence-corrected chi connectivity index (χ4v) is 12.7. The van der Waals surface area contributed by atoms with Crippen LogP contribution in [0, 0.1) is 5.92 Å². The van der Waals surface area contributed by atoms with Crippen molar-refractivity contribution in [3.8, 4) is 57.1 Å². The third-order valence-corrected chi connectivity index (χ3v) is 18.1. The normalized spacial score (nSPS) is 29.3. The summed E-state index contributed by atoms with van der Waals surface area (Å²) in [5, 5.41) is 127. The molecule has 18 atom stereocenters. The smallest absolute Gasteiger partial charge is 0.330 e. The molecule has 0 unspecified atom stereocenters. The second-order valence-electron chi connectivity index (χ2n) is 25.5. The number of fused-ring (bicyclic) bond motifs is 15. The zero-order valence-electron chi connectivity index (χ0n) is 53.8. The molecule has 7 aliphatic heterocycles. The van der Waals surface area contributed by atoms with Crippen molar-refractivity contribution in [2.75, 3.05) is 6.61 Å². The highest BCUT2D eigenvalue weighted by molar-refractivity contribution is 6.32. The summed E-state index contributed by atoms with van der Waals surface area (Å²) in [7, 11) is 0. The molecule has 22 N–H and O–H groups in total. The number of nitrogens with one attached hydrogen (secondary N) is 6. The van der Waals surface area contributed by atoms with E-state index in [0.29, 0.717) is 0 Å². The van der Waals surface area contributed by atoms with Crippen LogP contribution in [0.4, 0.5) is 0 Å². The van der Waals surface area contributed by atoms with Crippen LogP contribution in [0.5, 0.6) is 46.0 Å². The van der Waals surface area contributed by atoms with E-state index in [4.69, 9.17) is 68.8 Å². The Morgan fingerprint density at radius 2 is 1.31 bits per heavy atom. The van der Waals surface area contributed by atoms with Crippen molar-refractivity contribution in [2.45, 2.75) is 156 Å². The van der Waals surface area contributed by atoms with E-state index in [1.54, 1.807) is 13.8 Å². The lowest BCUT2D eigenvalue weighted by molar-refractivity contribution is -0.333. The van der Waals surface area contributed by atoms with Gasteiger partial charge in [0.15, 0.2) is 29.9 Å². The number of halogens is 3. The van der Waals surface area contributed by atoms with Crippen LogP contribution in [0.25, 0.3) is 11.1 Å². The maximum Gasteiger partial charge on any atom is 0.330 e. The Morgan fingerprint density at radius 1 is 0.713 bits per heavy atom. The zero-order valence-corrected chi connectivity index (χ0v) is 56.1. The first kappa shape index (κ1) is 76.3. The number of phenolic OH excluding ortho intramolecular Hbond substituents is 3. The Morgan fingerprint density at radius 3 is 1.89 bits per heavy atom. The van der Waals surface area contributed by atoms with Gasteiger partial charge in [-0.15, -0.1) is 12.4 Å². The number of amides is 7. The lowest BCUT2D eigenvalue weighted by atomic mass is 9.86. The molecular formula is C65H74Cl3N9O24. The lowest BCUT2D eigenvalue weighted by Gasteiger charge is -2.47. The topological polar surface area (TPSA) is 544 Å². The maximum atomic E-state index is 16.0. The summed E-state index contributed by atoms with van der Waals surface area (Å²) in [6, 6.07) is -1.18. The largest absolute Gasteiger partial charge is 0.508 e. The van der Waals surface area contributed by atoms with Crippen LogP contribution in [-0.2, 0) is 52.6 Å². The van der Waals surface area contributed by atoms with Gasteiger partial charge in [-0.1, -0.05) is 55.2 Å². The molecule has 0 radical (unpaired) electrons. The van der Waals surface area contributed by atoms with Gasteiger partial charge in [0.1, 0.15) is 89.5 Å². The van der Waals surface area contributed by atoms with Gasteiger partial charge in [-0.3, -0.25) is 33.6 Å². The predicted octanol–water partition coefficient (Wildman–Crippen LogP) is 0.267. The number of carbonyl (C=O) groups is 8. The second kappa shape index (κ2) is 30.7. The molecule has 0 aliphatic carbocycles. The lowest BCUT2D eigenvalue weighted by Crippen LogP contribution is -2.64. The Labute approximate surface area is 589 Å². The molecule has 11 bridgehead atoms. The first-order chi connectivity index (χ1) is 47.1. The summed E-state index contributed by atoms with van der Waals surface area (Å²) >= 11 is 14.1. The number of phenols is 3. The number of aliphatic hydroxyl groups excluding tert-OH is 6. The van der Waals surface area contributed by atoms with E-state index in [0.717, 1.165) is 66.7 Å². The zero-order chi connectivity index (χ0) is 72.8. The van der Waals surface area contributed by atoms with Crippen molar-refractivity contribution in [2.24, 2.45) is 23.1 Å². The summed E-state index contributed by atoms with van der Waals surface area (Å²) in [6.45, 7) is 5.53. The predicted molar refractivity (Wildman–Crippen MR) is 352 cm³/mol. The van der Waals surface area contributed by atoms with Gasteiger partial charge < -0.3 is 129 Å². The fraction of sp³-hybridized carbons (Fsp3) is 0.415. The molecule has 0 saturated carbocycles. The van der Waals surface area contributed by atoms with Crippen LogP contribution in [-0.4, -0.2) is 184 Å². The van der Waals surface area contributed by atoms with Crippen molar-refractivity contribution < 1.29 is 118 Å². The summed E-state index contributed by atoms with van der Waals surface area (Å²) in [5.41, 5.74) is 14.1. The van der Waals surface area contributed by atoms with Gasteiger partial charge in [-0.25, -0.2) is 4.79 Å². The molecule has 0 aromatic heterocycles. The van der Waals surface area contributed by atoms with Gasteiger partial charge in [0.25, 0.3) is 0 Å². The van der Waals surface area contributed by atoms with Gasteiger partial charge in [0, 0.05) is 34.7 Å². The number of aliphatic hydroxyl groups is 6. The SMILES string of the molecule is CC(C)C[C@@H](N)C(=O)N[C@H]1C(=O)N[C@@H](CC(N)=O)C(=O)N[C@H]2C(=O)N[C@H]3C(=O)N[C@H](C(=O)N[C@@H](C(=O)O)c4cc(O)cc(O)c4-c4cc3ccc4O)[C@H](O)c3ccc(c(Cl)c3)Oc3cc2cc(c3O[C@@H]2O[C@H](CO)[C@@H](O)[C@H](O)[C@H]2O[C@H]2C[C@](C)(N)[C@H](O)[C@H](C)O2)Oc2ccc(cc2Cl)[C@H]1O.Cl. The third-order valence-electron chi connectivity index (χ3n) is 17.5. The summed E-state index contributed by atoms with van der Waals surface area (Å²) in [4.78, 5) is 116. The number of hydrogen-bond donors (Lipinski definition) is 19. The molecule has 7 aliphatic rings. The second-order valence-corrected chi connectivity index (χ2v) is 26.3. The molecule has 0 spiro atoms. The first-order valence-corrected chi connectivity index (χ1v) is 31.9. The van der Waals surface area contributed by atoms with Crippen LogP contribution in [0.15, 0.2) is 78.9 Å². The summed E-state index contributed by atoms with van der Waals surface area (Å²) in [5.74, 6) is -16.3. The number of primary amides is 1. The molecule has 33 nitrogen and oxygen atoms in total. The molecule has 5 aromatic rings. The highest BCUT2D eigenvalue weighted by Gasteiger charge is 2.51. The Bertz CT molecular complexity index is 4060. The minimum atomic E-state index is -2.35. The van der Waals surface area contributed by atoms with Crippen molar-refractivity contribution >= 4 is 82.9 Å². The molecule has 544 valence electrons. The summed E-state index contributed by atoms with van der Waals surface area (Å²) in [6.07, 6.45) is -18.8. The number of aromatic hydroxyl groups is 3. The number of rotatable bonds is 12. The monoisotopic (exact) mass is 1470 g/mol. The van der Waals surface area contributed by atoms with E-state index in [1.165, 1.54) is 26.0 Å². The molecule has 2 fully saturated rings. The van der Waals surface area contributed by atoms with Crippen molar-refractivity contribution in [3.05, 3.63) is 117 Å². The highest BCUT2D eigenvalue weighted by Crippen LogP contribution is 2.50.